The first-order valence-corrected chi connectivity index (χ1v) is 11.4. The first-order chi connectivity index (χ1) is 15.3. The normalized spacial score (nSPS) is 17.3. The Morgan fingerprint density at radius 2 is 1.88 bits per heavy atom. The smallest absolute Gasteiger partial charge is 0.241 e. The summed E-state index contributed by atoms with van der Waals surface area (Å²) in [6, 6.07) is 15.5. The van der Waals surface area contributed by atoms with Crippen LogP contribution in [-0.2, 0) is 16.8 Å². The average molecular weight is 453 g/mol. The molecule has 2 heterocycles. The van der Waals surface area contributed by atoms with Crippen molar-refractivity contribution in [2.75, 3.05) is 18.4 Å². The zero-order chi connectivity index (χ0) is 22.7. The monoisotopic (exact) mass is 452 g/mol. The second kappa shape index (κ2) is 9.43. The molecule has 1 atom stereocenters. The van der Waals surface area contributed by atoms with Crippen LogP contribution in [0.2, 0.25) is 5.02 Å². The summed E-state index contributed by atoms with van der Waals surface area (Å²) in [5.74, 6) is 1.11. The number of rotatable bonds is 5. The van der Waals surface area contributed by atoms with Gasteiger partial charge in [-0.25, -0.2) is 0 Å². The Bertz CT molecular complexity index is 1050. The summed E-state index contributed by atoms with van der Waals surface area (Å²) in [7, 11) is 0. The molecule has 168 valence electrons. The first kappa shape index (κ1) is 22.5. The van der Waals surface area contributed by atoms with Gasteiger partial charge in [-0.1, -0.05) is 61.8 Å². The molecule has 1 unspecified atom stereocenters. The fourth-order valence-electron chi connectivity index (χ4n) is 3.94. The second-order valence-electron chi connectivity index (χ2n) is 9.41. The summed E-state index contributed by atoms with van der Waals surface area (Å²) in [4.78, 5) is 19.5. The lowest BCUT2D eigenvalue weighted by Crippen LogP contribution is -2.40. The standard InChI is InChI=1S/C25H29ClN4O2/c1-25(2,3)19-8-6-17(7-9-19)23-28-22(32-29-23)16-30-14-4-5-18(15-30)24(31)27-21-12-10-20(26)11-13-21/h6-13,18H,4-5,14-16H2,1-3H3,(H,27,31). The maximum absolute atomic E-state index is 12.7. The number of hydrogen-bond donors (Lipinski definition) is 1. The molecule has 0 aliphatic carbocycles. The van der Waals surface area contributed by atoms with Crippen molar-refractivity contribution in [1.29, 1.82) is 0 Å². The van der Waals surface area contributed by atoms with E-state index in [0.29, 0.717) is 29.8 Å². The minimum Gasteiger partial charge on any atom is -0.338 e. The van der Waals surface area contributed by atoms with Crippen LogP contribution in [0.5, 0.6) is 0 Å². The molecule has 0 spiro atoms. The van der Waals surface area contributed by atoms with Gasteiger partial charge < -0.3 is 9.84 Å². The molecular formula is C25H29ClN4O2. The molecule has 1 aliphatic rings. The van der Waals surface area contributed by atoms with Crippen molar-refractivity contribution in [3.63, 3.8) is 0 Å². The van der Waals surface area contributed by atoms with Gasteiger partial charge in [-0.3, -0.25) is 9.69 Å². The zero-order valence-electron chi connectivity index (χ0n) is 18.8. The molecule has 1 N–H and O–H groups in total. The van der Waals surface area contributed by atoms with Gasteiger partial charge in [0.1, 0.15) is 0 Å². The number of amides is 1. The molecular weight excluding hydrogens is 424 g/mol. The van der Waals surface area contributed by atoms with E-state index in [0.717, 1.165) is 30.6 Å². The second-order valence-corrected chi connectivity index (χ2v) is 9.85. The molecule has 1 saturated heterocycles. The minimum absolute atomic E-state index is 0.0298. The average Bonchev–Trinajstić information content (AvgIpc) is 3.23. The SMILES string of the molecule is CC(C)(C)c1ccc(-c2noc(CN3CCCC(C(=O)Nc4ccc(Cl)cc4)C3)n2)cc1. The maximum atomic E-state index is 12.7. The summed E-state index contributed by atoms with van der Waals surface area (Å²) in [6.07, 6.45) is 1.82. The molecule has 1 aliphatic heterocycles. The van der Waals surface area contributed by atoms with Crippen molar-refractivity contribution >= 4 is 23.2 Å². The van der Waals surface area contributed by atoms with E-state index in [-0.39, 0.29) is 17.2 Å². The molecule has 1 fully saturated rings. The molecule has 0 saturated carbocycles. The predicted octanol–water partition coefficient (Wildman–Crippen LogP) is 5.54. The summed E-state index contributed by atoms with van der Waals surface area (Å²) < 4.78 is 5.51. The zero-order valence-corrected chi connectivity index (χ0v) is 19.5. The Morgan fingerprint density at radius 3 is 2.56 bits per heavy atom. The third kappa shape index (κ3) is 5.56. The molecule has 32 heavy (non-hydrogen) atoms. The molecule has 2 aromatic carbocycles. The van der Waals surface area contributed by atoms with E-state index in [1.165, 1.54) is 5.56 Å². The van der Waals surface area contributed by atoms with Crippen LogP contribution in [0.4, 0.5) is 5.69 Å². The van der Waals surface area contributed by atoms with Gasteiger partial charge in [0.25, 0.3) is 0 Å². The highest BCUT2D eigenvalue weighted by molar-refractivity contribution is 6.30. The Hall–Kier alpha value is -2.70. The Labute approximate surface area is 194 Å². The van der Waals surface area contributed by atoms with Crippen LogP contribution in [0.3, 0.4) is 0 Å². The van der Waals surface area contributed by atoms with E-state index in [1.807, 2.05) is 24.3 Å². The number of hydrogen-bond acceptors (Lipinski definition) is 5. The fourth-order valence-corrected chi connectivity index (χ4v) is 4.06. The van der Waals surface area contributed by atoms with Crippen molar-refractivity contribution in [2.24, 2.45) is 5.92 Å². The molecule has 4 rings (SSSR count). The van der Waals surface area contributed by atoms with E-state index < -0.39 is 0 Å². The van der Waals surface area contributed by atoms with Crippen LogP contribution in [0.1, 0.15) is 45.1 Å². The molecule has 0 bridgehead atoms. The predicted molar refractivity (Wildman–Crippen MR) is 127 cm³/mol. The van der Waals surface area contributed by atoms with E-state index in [1.54, 1.807) is 12.1 Å². The summed E-state index contributed by atoms with van der Waals surface area (Å²) in [5.41, 5.74) is 3.06. The number of anilines is 1. The largest absolute Gasteiger partial charge is 0.338 e. The van der Waals surface area contributed by atoms with Gasteiger partial charge in [-0.15, -0.1) is 0 Å². The van der Waals surface area contributed by atoms with Gasteiger partial charge >= 0.3 is 0 Å². The molecule has 1 aromatic heterocycles. The van der Waals surface area contributed by atoms with Crippen molar-refractivity contribution in [3.05, 3.63) is 65.0 Å². The Kier molecular flexibility index (Phi) is 6.63. The van der Waals surface area contributed by atoms with Crippen LogP contribution in [-0.4, -0.2) is 34.0 Å². The maximum Gasteiger partial charge on any atom is 0.241 e. The lowest BCUT2D eigenvalue weighted by atomic mass is 9.87. The first-order valence-electron chi connectivity index (χ1n) is 11.0. The molecule has 6 nitrogen and oxygen atoms in total. The third-order valence-corrected chi connectivity index (χ3v) is 6.08. The van der Waals surface area contributed by atoms with Gasteiger partial charge in [-0.05, 0) is 54.6 Å². The highest BCUT2D eigenvalue weighted by Gasteiger charge is 2.27. The number of likely N-dealkylation sites (tertiary alicyclic amines) is 1. The number of carbonyl (C=O) groups is 1. The van der Waals surface area contributed by atoms with Crippen LogP contribution >= 0.6 is 11.6 Å². The summed E-state index contributed by atoms with van der Waals surface area (Å²) >= 11 is 5.92. The Morgan fingerprint density at radius 1 is 1.16 bits per heavy atom. The highest BCUT2D eigenvalue weighted by atomic mass is 35.5. The summed E-state index contributed by atoms with van der Waals surface area (Å²) in [6.45, 7) is 8.68. The number of nitrogens with one attached hydrogen (secondary N) is 1. The summed E-state index contributed by atoms with van der Waals surface area (Å²) in [5, 5.41) is 7.80. The molecule has 0 radical (unpaired) electrons. The number of piperidine rings is 1. The molecule has 1 amide bonds. The van der Waals surface area contributed by atoms with Gasteiger partial charge in [-0.2, -0.15) is 4.98 Å². The molecule has 3 aromatic rings. The molecule has 7 heteroatoms. The van der Waals surface area contributed by atoms with Crippen LogP contribution in [0, 0.1) is 5.92 Å². The van der Waals surface area contributed by atoms with Crippen LogP contribution in [0.25, 0.3) is 11.4 Å². The van der Waals surface area contributed by atoms with Crippen LogP contribution < -0.4 is 5.32 Å². The van der Waals surface area contributed by atoms with Gasteiger partial charge in [0.15, 0.2) is 0 Å². The van der Waals surface area contributed by atoms with Crippen molar-refractivity contribution in [1.82, 2.24) is 15.0 Å². The van der Waals surface area contributed by atoms with Gasteiger partial charge in [0, 0.05) is 22.8 Å². The van der Waals surface area contributed by atoms with Gasteiger partial charge in [0.2, 0.25) is 17.6 Å². The fraction of sp³-hybridized carbons (Fsp3) is 0.400. The number of nitrogens with zero attached hydrogens (tertiary/aromatic N) is 3. The van der Waals surface area contributed by atoms with E-state index in [4.69, 9.17) is 16.1 Å². The lowest BCUT2D eigenvalue weighted by Gasteiger charge is -2.30. The van der Waals surface area contributed by atoms with E-state index in [2.05, 4.69) is 53.3 Å². The van der Waals surface area contributed by atoms with Crippen molar-refractivity contribution in [3.8, 4) is 11.4 Å². The van der Waals surface area contributed by atoms with Crippen molar-refractivity contribution < 1.29 is 9.32 Å². The quantitative estimate of drug-likeness (QED) is 0.550. The topological polar surface area (TPSA) is 71.3 Å². The van der Waals surface area contributed by atoms with E-state index >= 15 is 0 Å². The van der Waals surface area contributed by atoms with Crippen molar-refractivity contribution in [2.45, 2.75) is 45.6 Å². The van der Waals surface area contributed by atoms with Gasteiger partial charge in [0.05, 0.1) is 12.5 Å². The van der Waals surface area contributed by atoms with Crippen LogP contribution in [0.15, 0.2) is 53.1 Å². The third-order valence-electron chi connectivity index (χ3n) is 5.82. The number of carbonyl (C=O) groups excluding carboxylic acids is 1. The highest BCUT2D eigenvalue weighted by Crippen LogP contribution is 2.26. The number of aromatic nitrogens is 2. The lowest BCUT2D eigenvalue weighted by molar-refractivity contribution is -0.121. The Balaban J connectivity index is 1.35. The number of benzene rings is 2. The minimum atomic E-state index is -0.0771. The van der Waals surface area contributed by atoms with E-state index in [9.17, 15) is 4.79 Å². The number of halogens is 1.